The number of thiophene rings is 1. The first kappa shape index (κ1) is 16.5. The quantitative estimate of drug-likeness (QED) is 0.770. The number of aliphatic carboxylic acids is 1. The molecule has 0 spiro atoms. The molecule has 0 amide bonds. The summed E-state index contributed by atoms with van der Waals surface area (Å²) in [6, 6.07) is 11.9. The summed E-state index contributed by atoms with van der Waals surface area (Å²) in [6.07, 6.45) is 0.877. The minimum atomic E-state index is -0.794. The highest BCUT2D eigenvalue weighted by Crippen LogP contribution is 2.15. The Hall–Kier alpha value is -1.85. The van der Waals surface area contributed by atoms with Crippen LogP contribution in [0.1, 0.15) is 17.4 Å². The first-order valence-electron chi connectivity index (χ1n) is 7.35. The Morgan fingerprint density at radius 1 is 1.27 bits per heavy atom. The molecule has 0 bridgehead atoms. The van der Waals surface area contributed by atoms with Crippen molar-refractivity contribution in [1.82, 2.24) is 4.90 Å². The maximum absolute atomic E-state index is 11.0. The second-order valence-electron chi connectivity index (χ2n) is 5.01. The minimum Gasteiger partial charge on any atom is -0.494 e. The maximum atomic E-state index is 11.0. The third kappa shape index (κ3) is 5.50. The molecule has 1 heterocycles. The molecule has 5 heteroatoms. The van der Waals surface area contributed by atoms with E-state index in [9.17, 15) is 4.79 Å². The zero-order chi connectivity index (χ0) is 15.8. The normalized spacial score (nSPS) is 10.8. The van der Waals surface area contributed by atoms with Crippen LogP contribution in [0.5, 0.6) is 5.75 Å². The lowest BCUT2D eigenvalue weighted by Crippen LogP contribution is -2.31. The summed E-state index contributed by atoms with van der Waals surface area (Å²) < 4.78 is 5.42. The van der Waals surface area contributed by atoms with Crippen molar-refractivity contribution in [3.8, 4) is 5.75 Å². The molecule has 0 radical (unpaired) electrons. The molecular formula is C17H21NO3S. The van der Waals surface area contributed by atoms with E-state index in [0.717, 1.165) is 24.3 Å². The van der Waals surface area contributed by atoms with Gasteiger partial charge < -0.3 is 9.84 Å². The Kier molecular flexibility index (Phi) is 6.43. The first-order chi connectivity index (χ1) is 10.7. The standard InChI is InChI=1S/C17H21NO3S/c1-2-21-15-7-5-14(6-8-15)12-18(13-17(19)20)10-9-16-4-3-11-22-16/h3-8,11H,2,9-10,12-13H2,1H3,(H,19,20). The SMILES string of the molecule is CCOc1ccc(CN(CCc2cccs2)CC(=O)O)cc1. The van der Waals surface area contributed by atoms with Gasteiger partial charge in [0.1, 0.15) is 5.75 Å². The van der Waals surface area contributed by atoms with Crippen molar-refractivity contribution in [3.05, 3.63) is 52.2 Å². The maximum Gasteiger partial charge on any atom is 0.317 e. The van der Waals surface area contributed by atoms with Crippen molar-refractivity contribution in [2.45, 2.75) is 19.9 Å². The number of hydrogen-bond donors (Lipinski definition) is 1. The van der Waals surface area contributed by atoms with Crippen LogP contribution >= 0.6 is 11.3 Å². The van der Waals surface area contributed by atoms with Crippen LogP contribution < -0.4 is 4.74 Å². The zero-order valence-electron chi connectivity index (χ0n) is 12.7. The molecule has 0 fully saturated rings. The van der Waals surface area contributed by atoms with Gasteiger partial charge in [0.25, 0.3) is 0 Å². The number of nitrogens with zero attached hydrogens (tertiary/aromatic N) is 1. The predicted molar refractivity (Wildman–Crippen MR) is 88.5 cm³/mol. The zero-order valence-corrected chi connectivity index (χ0v) is 13.5. The number of carbonyl (C=O) groups is 1. The lowest BCUT2D eigenvalue weighted by atomic mass is 10.2. The van der Waals surface area contributed by atoms with Crippen LogP contribution in [0, 0.1) is 0 Å². The molecule has 22 heavy (non-hydrogen) atoms. The Labute approximate surface area is 135 Å². The molecule has 2 aromatic rings. The van der Waals surface area contributed by atoms with Crippen LogP contribution in [0.25, 0.3) is 0 Å². The van der Waals surface area contributed by atoms with Gasteiger partial charge in [-0.05, 0) is 42.5 Å². The third-order valence-corrected chi connectivity index (χ3v) is 4.19. The van der Waals surface area contributed by atoms with Crippen molar-refractivity contribution in [3.63, 3.8) is 0 Å². The van der Waals surface area contributed by atoms with Crippen LogP contribution in [0.3, 0.4) is 0 Å². The van der Waals surface area contributed by atoms with Gasteiger partial charge in [-0.3, -0.25) is 9.69 Å². The number of carboxylic acid groups (broad SMARTS) is 1. The molecular weight excluding hydrogens is 298 g/mol. The molecule has 0 aliphatic rings. The number of carboxylic acids is 1. The van der Waals surface area contributed by atoms with Crippen LogP contribution in [0.15, 0.2) is 41.8 Å². The van der Waals surface area contributed by atoms with Crippen molar-refractivity contribution >= 4 is 17.3 Å². The molecule has 0 saturated carbocycles. The van der Waals surface area contributed by atoms with Gasteiger partial charge in [-0.25, -0.2) is 0 Å². The van der Waals surface area contributed by atoms with E-state index in [0.29, 0.717) is 13.2 Å². The van der Waals surface area contributed by atoms with E-state index in [1.54, 1.807) is 11.3 Å². The van der Waals surface area contributed by atoms with Gasteiger partial charge in [-0.2, -0.15) is 0 Å². The van der Waals surface area contributed by atoms with E-state index in [2.05, 4.69) is 6.07 Å². The van der Waals surface area contributed by atoms with Gasteiger partial charge in [0, 0.05) is 18.0 Å². The van der Waals surface area contributed by atoms with E-state index in [1.165, 1.54) is 4.88 Å². The van der Waals surface area contributed by atoms with Crippen molar-refractivity contribution < 1.29 is 14.6 Å². The Morgan fingerprint density at radius 2 is 2.05 bits per heavy atom. The number of hydrogen-bond acceptors (Lipinski definition) is 4. The predicted octanol–water partition coefficient (Wildman–Crippen LogP) is 3.28. The van der Waals surface area contributed by atoms with E-state index >= 15 is 0 Å². The molecule has 0 aliphatic heterocycles. The fraction of sp³-hybridized carbons (Fsp3) is 0.353. The highest BCUT2D eigenvalue weighted by atomic mass is 32.1. The summed E-state index contributed by atoms with van der Waals surface area (Å²) in [6.45, 7) is 4.01. The van der Waals surface area contributed by atoms with Crippen molar-refractivity contribution in [1.29, 1.82) is 0 Å². The molecule has 1 aromatic heterocycles. The van der Waals surface area contributed by atoms with Gasteiger partial charge in [0.05, 0.1) is 13.2 Å². The highest BCUT2D eigenvalue weighted by molar-refractivity contribution is 7.09. The Bertz CT molecular complexity index is 566. The first-order valence-corrected chi connectivity index (χ1v) is 8.23. The van der Waals surface area contributed by atoms with E-state index in [-0.39, 0.29) is 6.54 Å². The molecule has 0 unspecified atom stereocenters. The van der Waals surface area contributed by atoms with E-state index in [4.69, 9.17) is 9.84 Å². The number of ether oxygens (including phenoxy) is 1. The van der Waals surface area contributed by atoms with Crippen molar-refractivity contribution in [2.75, 3.05) is 19.7 Å². The van der Waals surface area contributed by atoms with Gasteiger partial charge in [0.2, 0.25) is 0 Å². The molecule has 2 rings (SSSR count). The fourth-order valence-corrected chi connectivity index (χ4v) is 2.94. The Morgan fingerprint density at radius 3 is 2.64 bits per heavy atom. The van der Waals surface area contributed by atoms with Crippen LogP contribution in [0.2, 0.25) is 0 Å². The summed E-state index contributed by atoms with van der Waals surface area (Å²) in [7, 11) is 0. The fourth-order valence-electron chi connectivity index (χ4n) is 2.24. The monoisotopic (exact) mass is 319 g/mol. The lowest BCUT2D eigenvalue weighted by Gasteiger charge is -2.20. The third-order valence-electron chi connectivity index (χ3n) is 3.25. The summed E-state index contributed by atoms with van der Waals surface area (Å²) in [5, 5.41) is 11.1. The second-order valence-corrected chi connectivity index (χ2v) is 6.04. The Balaban J connectivity index is 1.94. The lowest BCUT2D eigenvalue weighted by molar-refractivity contribution is -0.138. The molecule has 1 N–H and O–H groups in total. The van der Waals surface area contributed by atoms with Gasteiger partial charge in [-0.1, -0.05) is 18.2 Å². The average molecular weight is 319 g/mol. The van der Waals surface area contributed by atoms with Crippen LogP contribution in [-0.4, -0.2) is 35.7 Å². The molecule has 0 atom stereocenters. The van der Waals surface area contributed by atoms with E-state index in [1.807, 2.05) is 47.5 Å². The van der Waals surface area contributed by atoms with Gasteiger partial charge >= 0.3 is 5.97 Å². The van der Waals surface area contributed by atoms with E-state index < -0.39 is 5.97 Å². The molecule has 4 nitrogen and oxygen atoms in total. The number of rotatable bonds is 9. The summed E-state index contributed by atoms with van der Waals surface area (Å²) in [5.74, 6) is 0.0479. The van der Waals surface area contributed by atoms with Crippen molar-refractivity contribution in [2.24, 2.45) is 0 Å². The minimum absolute atomic E-state index is 0.0542. The second kappa shape index (κ2) is 8.56. The van der Waals surface area contributed by atoms with Crippen LogP contribution in [0.4, 0.5) is 0 Å². The topological polar surface area (TPSA) is 49.8 Å². The van der Waals surface area contributed by atoms with Crippen LogP contribution in [-0.2, 0) is 17.8 Å². The molecule has 0 aliphatic carbocycles. The highest BCUT2D eigenvalue weighted by Gasteiger charge is 2.11. The average Bonchev–Trinajstić information content (AvgIpc) is 3.00. The molecule has 118 valence electrons. The summed E-state index contributed by atoms with van der Waals surface area (Å²) in [4.78, 5) is 14.3. The smallest absolute Gasteiger partial charge is 0.317 e. The van der Waals surface area contributed by atoms with Gasteiger partial charge in [-0.15, -0.1) is 11.3 Å². The molecule has 0 saturated heterocycles. The number of benzene rings is 1. The van der Waals surface area contributed by atoms with Gasteiger partial charge in [0.15, 0.2) is 0 Å². The largest absolute Gasteiger partial charge is 0.494 e. The summed E-state index contributed by atoms with van der Waals surface area (Å²) >= 11 is 1.71. The summed E-state index contributed by atoms with van der Waals surface area (Å²) in [5.41, 5.74) is 1.09. The molecule has 1 aromatic carbocycles.